The zero-order valence-electron chi connectivity index (χ0n) is 58.9. The van der Waals surface area contributed by atoms with E-state index in [4.69, 9.17) is 43.2 Å². The molecular weight excluding hydrogens is 1310 g/mol. The van der Waals surface area contributed by atoms with E-state index in [2.05, 4.69) is 245 Å². The maximum absolute atomic E-state index is 6.63. The van der Waals surface area contributed by atoms with Gasteiger partial charge in [-0.15, -0.1) is 0 Å². The molecule has 23 rings (SSSR count). The minimum Gasteiger partial charge on any atom is -0.456 e. The van der Waals surface area contributed by atoms with Gasteiger partial charge in [-0.2, -0.15) is 0 Å². The van der Waals surface area contributed by atoms with Crippen molar-refractivity contribution in [3.05, 3.63) is 342 Å². The van der Waals surface area contributed by atoms with Crippen LogP contribution in [0, 0.1) is 0 Å². The first-order valence-electron chi connectivity index (χ1n) is 36.6. The topological polar surface area (TPSA) is 130 Å². The van der Waals surface area contributed by atoms with Crippen LogP contribution in [0.5, 0.6) is 0 Å². The predicted molar refractivity (Wildman–Crippen MR) is 428 cm³/mol. The van der Waals surface area contributed by atoms with E-state index in [1.54, 1.807) is 6.20 Å². The summed E-state index contributed by atoms with van der Waals surface area (Å²) < 4.78 is 19.5. The molecule has 4 aliphatic rings. The lowest BCUT2D eigenvalue weighted by Crippen LogP contribution is -2.25. The summed E-state index contributed by atoms with van der Waals surface area (Å²) >= 11 is 0. The van der Waals surface area contributed by atoms with Crippen LogP contribution in [0.1, 0.15) is 78.6 Å². The van der Waals surface area contributed by atoms with Gasteiger partial charge in [0.2, 0.25) is 0 Å². The summed E-state index contributed by atoms with van der Waals surface area (Å²) in [7, 11) is 0. The van der Waals surface area contributed by atoms with E-state index in [-0.39, 0.29) is 10.8 Å². The molecule has 504 valence electrons. The van der Waals surface area contributed by atoms with Gasteiger partial charge in [0.05, 0.1) is 11.0 Å². The molecule has 19 aromatic rings. The lowest BCUT2D eigenvalue weighted by molar-refractivity contribution is 0.563. The molecule has 10 heteroatoms. The number of pyridine rings is 1. The monoisotopic (exact) mass is 1370 g/mol. The Bertz CT molecular complexity index is 6900. The zero-order valence-corrected chi connectivity index (χ0v) is 58.9. The molecule has 0 fully saturated rings. The van der Waals surface area contributed by atoms with Gasteiger partial charge < -0.3 is 13.3 Å². The van der Waals surface area contributed by atoms with Crippen molar-refractivity contribution in [2.24, 2.45) is 0 Å². The molecule has 0 saturated carbocycles. The van der Waals surface area contributed by atoms with Crippen molar-refractivity contribution in [2.45, 2.75) is 50.4 Å². The van der Waals surface area contributed by atoms with Gasteiger partial charge in [0.1, 0.15) is 39.2 Å². The lowest BCUT2D eigenvalue weighted by atomic mass is 9.70. The van der Waals surface area contributed by atoms with E-state index in [0.29, 0.717) is 34.9 Å². The van der Waals surface area contributed by atoms with Crippen molar-refractivity contribution in [2.75, 3.05) is 0 Å². The van der Waals surface area contributed by atoms with E-state index in [0.717, 1.165) is 106 Å². The van der Waals surface area contributed by atoms with E-state index < -0.39 is 5.41 Å². The van der Waals surface area contributed by atoms with Crippen LogP contribution in [0.4, 0.5) is 0 Å². The fourth-order valence-corrected chi connectivity index (χ4v) is 18.2. The number of furan rings is 3. The van der Waals surface area contributed by atoms with Crippen molar-refractivity contribution in [1.82, 2.24) is 34.9 Å². The third-order valence-electron chi connectivity index (χ3n) is 23.5. The standard InChI is InChI=1S/C61H37N3O2.C36H26N4O/c1-60(2)47-21-8-3-14-36(47)39-28-26-34(30-50(39)60)57-62-58(64-59(63-57)44-20-13-19-43-41-17-6-12-25-54(41)66-56(43)44)35-27-29-40-45-32-46-42-18-7-11-24-53(42)65-55(46)33-52(45)61(51(40)31-35)48-22-9-4-15-37(48)38-16-5-10-23-49(38)61;1-3-36(2)28-19-23(16-17-24(28)26-20-27-25-13-7-8-15-31(25)41-32(27)21-29(26)36)34-38-33(22-11-5-4-6-12-22)39-35(40-34)30-14-9-10-18-37-30/h3-33H,1-2H3;4-21H,3H2,1-2H3. The maximum atomic E-state index is 6.63. The molecule has 4 aliphatic carbocycles. The normalized spacial score (nSPS) is 15.0. The highest BCUT2D eigenvalue weighted by molar-refractivity contribution is 6.12. The summed E-state index contributed by atoms with van der Waals surface area (Å²) in [5.41, 5.74) is 29.6. The second-order valence-corrected chi connectivity index (χ2v) is 29.4. The second kappa shape index (κ2) is 22.7. The first-order valence-corrected chi connectivity index (χ1v) is 36.6. The average molecular weight is 1370 g/mol. The summed E-state index contributed by atoms with van der Waals surface area (Å²) in [5, 5.41) is 6.62. The molecule has 1 unspecified atom stereocenters. The third kappa shape index (κ3) is 8.84. The summed E-state index contributed by atoms with van der Waals surface area (Å²) in [6.45, 7) is 9.21. The molecule has 0 saturated heterocycles. The summed E-state index contributed by atoms with van der Waals surface area (Å²) in [5.74, 6) is 3.59. The van der Waals surface area contributed by atoms with E-state index in [1.165, 1.54) is 89.0 Å². The summed E-state index contributed by atoms with van der Waals surface area (Å²) in [6.07, 6.45) is 2.72. The predicted octanol–water partition coefficient (Wildman–Crippen LogP) is 24.2. The molecular formula is C97H63N7O3. The Morgan fingerprint density at radius 1 is 0.262 bits per heavy atom. The lowest BCUT2D eigenvalue weighted by Gasteiger charge is -2.30. The quantitative estimate of drug-likeness (QED) is 0.152. The largest absolute Gasteiger partial charge is 0.456 e. The summed E-state index contributed by atoms with van der Waals surface area (Å²) in [6, 6.07) is 103. The molecule has 0 bridgehead atoms. The molecule has 6 heterocycles. The van der Waals surface area contributed by atoms with Crippen LogP contribution in [0.3, 0.4) is 0 Å². The van der Waals surface area contributed by atoms with Gasteiger partial charge in [-0.3, -0.25) is 4.98 Å². The highest BCUT2D eigenvalue weighted by Gasteiger charge is 2.52. The van der Waals surface area contributed by atoms with Crippen molar-refractivity contribution in [3.8, 4) is 113 Å². The van der Waals surface area contributed by atoms with Crippen molar-refractivity contribution >= 4 is 65.8 Å². The Hall–Kier alpha value is -13.6. The smallest absolute Gasteiger partial charge is 0.182 e. The van der Waals surface area contributed by atoms with Crippen LogP contribution in [-0.2, 0) is 16.2 Å². The number of benzene rings is 13. The number of nitrogens with zero attached hydrogens (tertiary/aromatic N) is 7. The summed E-state index contributed by atoms with van der Waals surface area (Å²) in [4.78, 5) is 35.4. The highest BCUT2D eigenvalue weighted by Crippen LogP contribution is 2.64. The molecule has 107 heavy (non-hydrogen) atoms. The molecule has 6 aromatic heterocycles. The molecule has 10 nitrogen and oxygen atoms in total. The Morgan fingerprint density at radius 3 is 1.27 bits per heavy atom. The number of hydrogen-bond donors (Lipinski definition) is 0. The van der Waals surface area contributed by atoms with Crippen LogP contribution in [0.15, 0.2) is 311 Å². The molecule has 0 amide bonds. The number of fused-ring (bicyclic) bond motifs is 25. The van der Waals surface area contributed by atoms with Gasteiger partial charge in [0, 0.05) is 71.6 Å². The third-order valence-corrected chi connectivity index (χ3v) is 23.5. The molecule has 1 atom stereocenters. The van der Waals surface area contributed by atoms with E-state index in [1.807, 2.05) is 78.9 Å². The first-order chi connectivity index (χ1) is 52.6. The molecule has 0 N–H and O–H groups in total. The highest BCUT2D eigenvalue weighted by atomic mass is 16.3. The molecule has 1 spiro atoms. The second-order valence-electron chi connectivity index (χ2n) is 29.4. The Morgan fingerprint density at radius 2 is 0.673 bits per heavy atom. The fourth-order valence-electron chi connectivity index (χ4n) is 18.2. The van der Waals surface area contributed by atoms with Crippen LogP contribution in [0.25, 0.3) is 179 Å². The van der Waals surface area contributed by atoms with Gasteiger partial charge in [-0.25, -0.2) is 29.9 Å². The Labute approximate surface area is 615 Å². The van der Waals surface area contributed by atoms with Gasteiger partial charge in [0.25, 0.3) is 0 Å². The minimum absolute atomic E-state index is 0.174. The Balaban J connectivity index is 0.000000149. The molecule has 0 aliphatic heterocycles. The Kier molecular flexibility index (Phi) is 12.9. The first kappa shape index (κ1) is 61.0. The van der Waals surface area contributed by atoms with Crippen molar-refractivity contribution in [3.63, 3.8) is 0 Å². The number of para-hydroxylation sites is 4. The SMILES string of the molecule is CC1(C)c2ccccc2-c2ccc(-c3nc(-c4ccc5c(c4)C4(c6ccccc6-c6ccccc64)c4cc6oc7ccccc7c6cc4-5)nc(-c4cccc5c4oc4ccccc45)n3)cc21.CCC1(C)c2cc(-c3nc(-c4ccccc4)nc(-c4ccccn4)n3)ccc2-c2cc3c(cc21)oc1ccccc13. The van der Waals surface area contributed by atoms with Gasteiger partial charge in [-0.1, -0.05) is 240 Å². The van der Waals surface area contributed by atoms with Crippen molar-refractivity contribution < 1.29 is 13.3 Å². The van der Waals surface area contributed by atoms with Crippen molar-refractivity contribution in [1.29, 1.82) is 0 Å². The zero-order chi connectivity index (χ0) is 71.0. The maximum Gasteiger partial charge on any atom is 0.182 e. The molecule has 13 aromatic carbocycles. The number of aromatic nitrogens is 7. The van der Waals surface area contributed by atoms with Crippen LogP contribution >= 0.6 is 0 Å². The average Bonchev–Trinajstić information content (AvgIpc) is 1.50. The number of rotatable bonds is 7. The van der Waals surface area contributed by atoms with Crippen LogP contribution in [0.2, 0.25) is 0 Å². The minimum atomic E-state index is -0.611. The number of hydrogen-bond acceptors (Lipinski definition) is 10. The van der Waals surface area contributed by atoms with E-state index >= 15 is 0 Å². The van der Waals surface area contributed by atoms with Gasteiger partial charge in [-0.05, 0) is 174 Å². The van der Waals surface area contributed by atoms with Gasteiger partial charge in [0.15, 0.2) is 34.9 Å². The van der Waals surface area contributed by atoms with Crippen LogP contribution in [-0.4, -0.2) is 34.9 Å². The van der Waals surface area contributed by atoms with Crippen LogP contribution < -0.4 is 0 Å². The fraction of sp³-hybridized carbons (Fsp3) is 0.0825. The van der Waals surface area contributed by atoms with Gasteiger partial charge >= 0.3 is 0 Å². The van der Waals surface area contributed by atoms with E-state index in [9.17, 15) is 0 Å². The molecule has 0 radical (unpaired) electrons.